The summed E-state index contributed by atoms with van der Waals surface area (Å²) in [6.45, 7) is 0. The number of ether oxygens (including phenoxy) is 1. The van der Waals surface area contributed by atoms with Crippen LogP contribution in [-0.2, 0) is 16.0 Å². The number of carbonyl (C=O) groups is 1. The van der Waals surface area contributed by atoms with Crippen molar-refractivity contribution in [3.63, 3.8) is 0 Å². The Morgan fingerprint density at radius 2 is 2.10 bits per heavy atom. The van der Waals surface area contributed by atoms with E-state index in [0.717, 1.165) is 18.6 Å². The van der Waals surface area contributed by atoms with Crippen LogP contribution in [0.15, 0.2) is 54.3 Å². The van der Waals surface area contributed by atoms with Gasteiger partial charge in [0.25, 0.3) is 0 Å². The number of hydrogen-bond acceptors (Lipinski definition) is 2. The van der Waals surface area contributed by atoms with Crippen LogP contribution in [0.4, 0.5) is 0 Å². The standard InChI is InChI=1S/C17H17ClO2/c18-17(11-10-13-6-2-1-3-7-13)12-15(19)14-8-4-5-9-16(14)20-17/h1-7,9,14H,8,10-12H2. The van der Waals surface area contributed by atoms with Crippen LogP contribution in [0.5, 0.6) is 0 Å². The van der Waals surface area contributed by atoms with Gasteiger partial charge in [0.1, 0.15) is 11.5 Å². The molecular formula is C17H17ClO2. The van der Waals surface area contributed by atoms with Crippen LogP contribution in [-0.4, -0.2) is 10.8 Å². The molecule has 1 saturated heterocycles. The Morgan fingerprint density at radius 3 is 2.90 bits per heavy atom. The minimum Gasteiger partial charge on any atom is -0.475 e. The molecule has 2 aliphatic rings. The number of fused-ring (bicyclic) bond motifs is 1. The Morgan fingerprint density at radius 1 is 1.30 bits per heavy atom. The normalized spacial score (nSPS) is 28.6. The Bertz CT molecular complexity index is 562. The fraction of sp³-hybridized carbons (Fsp3) is 0.353. The molecule has 0 N–H and O–H groups in total. The number of rotatable bonds is 3. The molecule has 0 bridgehead atoms. The summed E-state index contributed by atoms with van der Waals surface area (Å²) in [4.78, 5) is 12.2. The number of Topliss-reactive ketones (excluding diaryl/α,β-unsaturated/α-hetero) is 1. The number of hydrogen-bond donors (Lipinski definition) is 0. The molecule has 1 aromatic rings. The first-order valence-electron chi connectivity index (χ1n) is 6.98. The van der Waals surface area contributed by atoms with Crippen LogP contribution in [0.1, 0.15) is 24.8 Å². The van der Waals surface area contributed by atoms with Gasteiger partial charge in [-0.3, -0.25) is 4.79 Å². The summed E-state index contributed by atoms with van der Waals surface area (Å²) in [6, 6.07) is 10.1. The molecule has 3 heteroatoms. The second-order valence-electron chi connectivity index (χ2n) is 5.40. The summed E-state index contributed by atoms with van der Waals surface area (Å²) < 4.78 is 5.92. The lowest BCUT2D eigenvalue weighted by Gasteiger charge is -2.37. The van der Waals surface area contributed by atoms with Crippen molar-refractivity contribution in [1.29, 1.82) is 0 Å². The van der Waals surface area contributed by atoms with E-state index in [2.05, 4.69) is 12.1 Å². The van der Waals surface area contributed by atoms with Crippen molar-refractivity contribution in [3.8, 4) is 0 Å². The molecule has 0 spiro atoms. The summed E-state index contributed by atoms with van der Waals surface area (Å²) in [6.07, 6.45) is 8.27. The maximum atomic E-state index is 12.2. The molecule has 1 heterocycles. The van der Waals surface area contributed by atoms with E-state index in [0.29, 0.717) is 6.42 Å². The largest absolute Gasteiger partial charge is 0.475 e. The average Bonchev–Trinajstić information content (AvgIpc) is 2.46. The molecule has 1 aliphatic heterocycles. The van der Waals surface area contributed by atoms with Crippen molar-refractivity contribution in [2.45, 2.75) is 30.7 Å². The quantitative estimate of drug-likeness (QED) is 0.786. The minimum absolute atomic E-state index is 0.122. The fourth-order valence-electron chi connectivity index (χ4n) is 2.75. The van der Waals surface area contributed by atoms with Gasteiger partial charge in [-0.1, -0.05) is 54.1 Å². The van der Waals surface area contributed by atoms with E-state index in [1.807, 2.05) is 36.4 Å². The Hall–Kier alpha value is -1.54. The van der Waals surface area contributed by atoms with Crippen molar-refractivity contribution in [3.05, 3.63) is 59.9 Å². The van der Waals surface area contributed by atoms with Crippen molar-refractivity contribution in [1.82, 2.24) is 0 Å². The molecule has 2 unspecified atom stereocenters. The van der Waals surface area contributed by atoms with Gasteiger partial charge in [0.15, 0.2) is 5.06 Å². The van der Waals surface area contributed by atoms with Gasteiger partial charge in [-0.2, -0.15) is 0 Å². The van der Waals surface area contributed by atoms with E-state index in [1.165, 1.54) is 5.56 Å². The van der Waals surface area contributed by atoms with E-state index in [9.17, 15) is 4.79 Å². The third kappa shape index (κ3) is 2.80. The summed E-state index contributed by atoms with van der Waals surface area (Å²) in [5.74, 6) is 0.797. The number of benzene rings is 1. The highest BCUT2D eigenvalue weighted by atomic mass is 35.5. The summed E-state index contributed by atoms with van der Waals surface area (Å²) >= 11 is 6.53. The highest BCUT2D eigenvalue weighted by molar-refractivity contribution is 6.24. The number of ketones is 1. The number of alkyl halides is 1. The van der Waals surface area contributed by atoms with Crippen LogP contribution < -0.4 is 0 Å². The highest BCUT2D eigenvalue weighted by Crippen LogP contribution is 2.41. The number of aryl methyl sites for hydroxylation is 1. The molecule has 20 heavy (non-hydrogen) atoms. The maximum Gasteiger partial charge on any atom is 0.189 e. The first-order chi connectivity index (χ1) is 9.66. The van der Waals surface area contributed by atoms with Crippen molar-refractivity contribution < 1.29 is 9.53 Å². The predicted octanol–water partition coefficient (Wildman–Crippen LogP) is 4.00. The lowest BCUT2D eigenvalue weighted by molar-refractivity contribution is -0.132. The van der Waals surface area contributed by atoms with Crippen LogP contribution in [0.25, 0.3) is 0 Å². The van der Waals surface area contributed by atoms with Crippen LogP contribution in [0, 0.1) is 5.92 Å². The van der Waals surface area contributed by atoms with Crippen molar-refractivity contribution in [2.24, 2.45) is 5.92 Å². The monoisotopic (exact) mass is 288 g/mol. The summed E-state index contributed by atoms with van der Waals surface area (Å²) in [5, 5.41) is -0.888. The van der Waals surface area contributed by atoms with E-state index in [1.54, 1.807) is 0 Å². The first-order valence-corrected chi connectivity index (χ1v) is 7.35. The molecule has 2 nitrogen and oxygen atoms in total. The van der Waals surface area contributed by atoms with Gasteiger partial charge >= 0.3 is 0 Å². The van der Waals surface area contributed by atoms with Gasteiger partial charge in [-0.25, -0.2) is 0 Å². The summed E-state index contributed by atoms with van der Waals surface area (Å²) in [5.41, 5.74) is 1.21. The Kier molecular flexibility index (Phi) is 3.66. The fourth-order valence-corrected chi connectivity index (χ4v) is 3.07. The molecule has 1 fully saturated rings. The zero-order valence-corrected chi connectivity index (χ0v) is 12.0. The second-order valence-corrected chi connectivity index (χ2v) is 6.09. The van der Waals surface area contributed by atoms with E-state index < -0.39 is 5.06 Å². The van der Waals surface area contributed by atoms with E-state index in [-0.39, 0.29) is 18.1 Å². The molecule has 0 aromatic heterocycles. The number of allylic oxidation sites excluding steroid dienone is 4. The highest BCUT2D eigenvalue weighted by Gasteiger charge is 2.42. The third-order valence-corrected chi connectivity index (χ3v) is 4.27. The lowest BCUT2D eigenvalue weighted by atomic mass is 9.87. The minimum atomic E-state index is -0.888. The zero-order chi connectivity index (χ0) is 14.0. The Labute approximate surface area is 124 Å². The van der Waals surface area contributed by atoms with E-state index in [4.69, 9.17) is 16.3 Å². The molecule has 0 radical (unpaired) electrons. The molecule has 1 aromatic carbocycles. The van der Waals surface area contributed by atoms with Crippen LogP contribution >= 0.6 is 11.6 Å². The van der Waals surface area contributed by atoms with Gasteiger partial charge < -0.3 is 4.74 Å². The van der Waals surface area contributed by atoms with Gasteiger partial charge in [0.2, 0.25) is 0 Å². The van der Waals surface area contributed by atoms with Crippen LogP contribution in [0.2, 0.25) is 0 Å². The number of halogens is 1. The smallest absolute Gasteiger partial charge is 0.189 e. The maximum absolute atomic E-state index is 12.2. The summed E-state index contributed by atoms with van der Waals surface area (Å²) in [7, 11) is 0. The van der Waals surface area contributed by atoms with Crippen molar-refractivity contribution >= 4 is 17.4 Å². The molecule has 2 atom stereocenters. The molecule has 0 amide bonds. The SMILES string of the molecule is O=C1CC(Cl)(CCc2ccccc2)OC2=CC=CCC12. The first kappa shape index (κ1) is 13.4. The average molecular weight is 289 g/mol. The topological polar surface area (TPSA) is 26.3 Å². The van der Waals surface area contributed by atoms with Gasteiger partial charge in [-0.05, 0) is 24.5 Å². The van der Waals surface area contributed by atoms with Gasteiger partial charge in [-0.15, -0.1) is 0 Å². The third-order valence-electron chi connectivity index (χ3n) is 3.87. The molecule has 0 saturated carbocycles. The lowest BCUT2D eigenvalue weighted by Crippen LogP contribution is -2.40. The van der Waals surface area contributed by atoms with Crippen molar-refractivity contribution in [2.75, 3.05) is 0 Å². The molecule has 1 aliphatic carbocycles. The predicted molar refractivity (Wildman–Crippen MR) is 79.4 cm³/mol. The van der Waals surface area contributed by atoms with E-state index >= 15 is 0 Å². The molecule has 3 rings (SSSR count). The zero-order valence-electron chi connectivity index (χ0n) is 11.2. The molecule has 104 valence electrons. The van der Waals surface area contributed by atoms with Crippen LogP contribution in [0.3, 0.4) is 0 Å². The number of carbonyl (C=O) groups excluding carboxylic acids is 1. The van der Waals surface area contributed by atoms with Gasteiger partial charge in [0.05, 0.1) is 12.3 Å². The molecular weight excluding hydrogens is 272 g/mol. The second kappa shape index (κ2) is 5.45. The Balaban J connectivity index is 1.71. The van der Waals surface area contributed by atoms with Gasteiger partial charge in [0, 0.05) is 6.42 Å².